The molecule has 0 bridgehead atoms. The SMILES string of the molecule is COc1cc(N)ccc1NC(=O)C(C)S(=O)(=O)CC(C)C. The van der Waals surface area contributed by atoms with Crippen molar-refractivity contribution in [3.63, 3.8) is 0 Å². The van der Waals surface area contributed by atoms with Gasteiger partial charge in [-0.05, 0) is 25.0 Å². The number of benzene rings is 1. The average molecular weight is 314 g/mol. The fourth-order valence-electron chi connectivity index (χ4n) is 1.82. The lowest BCUT2D eigenvalue weighted by atomic mass is 10.2. The first-order valence-corrected chi connectivity index (χ1v) is 8.35. The maximum absolute atomic E-state index is 12.1. The number of sulfone groups is 1. The minimum absolute atomic E-state index is 0.0273. The Balaban J connectivity index is 2.91. The number of rotatable bonds is 6. The van der Waals surface area contributed by atoms with E-state index in [1.165, 1.54) is 14.0 Å². The molecule has 3 N–H and O–H groups in total. The predicted octanol–water partition coefficient (Wildman–Crippen LogP) is 1.68. The molecule has 0 saturated heterocycles. The summed E-state index contributed by atoms with van der Waals surface area (Å²) in [5.74, 6) is -0.257. The van der Waals surface area contributed by atoms with E-state index in [4.69, 9.17) is 10.5 Å². The molecule has 1 unspecified atom stereocenters. The van der Waals surface area contributed by atoms with Gasteiger partial charge in [-0.3, -0.25) is 4.79 Å². The standard InChI is InChI=1S/C14H22N2O4S/c1-9(2)8-21(18,19)10(3)14(17)16-12-6-5-11(15)7-13(12)20-4/h5-7,9-10H,8,15H2,1-4H3,(H,16,17). The second-order valence-corrected chi connectivity index (χ2v) is 7.68. The van der Waals surface area contributed by atoms with Crippen LogP contribution in [0.2, 0.25) is 0 Å². The fraction of sp³-hybridized carbons (Fsp3) is 0.500. The van der Waals surface area contributed by atoms with Crippen LogP contribution in [0, 0.1) is 5.92 Å². The minimum Gasteiger partial charge on any atom is -0.494 e. The van der Waals surface area contributed by atoms with E-state index in [-0.39, 0.29) is 11.7 Å². The average Bonchev–Trinajstić information content (AvgIpc) is 2.38. The monoisotopic (exact) mass is 314 g/mol. The zero-order valence-corrected chi connectivity index (χ0v) is 13.5. The van der Waals surface area contributed by atoms with Gasteiger partial charge in [0, 0.05) is 11.8 Å². The summed E-state index contributed by atoms with van der Waals surface area (Å²) < 4.78 is 29.3. The Bertz CT molecular complexity index is 611. The van der Waals surface area contributed by atoms with Crippen molar-refractivity contribution in [3.05, 3.63) is 18.2 Å². The number of nitrogens with two attached hydrogens (primary N) is 1. The van der Waals surface area contributed by atoms with Crippen LogP contribution in [-0.4, -0.2) is 32.4 Å². The van der Waals surface area contributed by atoms with E-state index < -0.39 is 21.0 Å². The molecular weight excluding hydrogens is 292 g/mol. The van der Waals surface area contributed by atoms with Crippen molar-refractivity contribution in [1.82, 2.24) is 0 Å². The molecule has 0 aliphatic carbocycles. The van der Waals surface area contributed by atoms with Crippen LogP contribution in [0.4, 0.5) is 11.4 Å². The number of methoxy groups -OCH3 is 1. The van der Waals surface area contributed by atoms with E-state index in [0.717, 1.165) is 0 Å². The summed E-state index contributed by atoms with van der Waals surface area (Å²) >= 11 is 0. The van der Waals surface area contributed by atoms with Crippen LogP contribution in [0.5, 0.6) is 5.75 Å². The van der Waals surface area contributed by atoms with Gasteiger partial charge in [-0.15, -0.1) is 0 Å². The molecule has 0 spiro atoms. The Kier molecular flexibility index (Phi) is 5.60. The second kappa shape index (κ2) is 6.80. The molecule has 0 saturated carbocycles. The van der Waals surface area contributed by atoms with Gasteiger partial charge in [0.05, 0.1) is 18.6 Å². The van der Waals surface area contributed by atoms with Crippen LogP contribution < -0.4 is 15.8 Å². The molecule has 0 aliphatic heterocycles. The smallest absolute Gasteiger partial charge is 0.242 e. The van der Waals surface area contributed by atoms with Gasteiger partial charge >= 0.3 is 0 Å². The summed E-state index contributed by atoms with van der Waals surface area (Å²) in [7, 11) is -2.04. The first kappa shape index (κ1) is 17.3. The highest BCUT2D eigenvalue weighted by Crippen LogP contribution is 2.27. The number of carbonyl (C=O) groups is 1. The lowest BCUT2D eigenvalue weighted by molar-refractivity contribution is -0.115. The van der Waals surface area contributed by atoms with E-state index in [1.54, 1.807) is 32.0 Å². The van der Waals surface area contributed by atoms with Crippen LogP contribution in [0.1, 0.15) is 20.8 Å². The van der Waals surface area contributed by atoms with Crippen LogP contribution >= 0.6 is 0 Å². The van der Waals surface area contributed by atoms with Crippen molar-refractivity contribution >= 4 is 27.1 Å². The molecule has 1 amide bonds. The third-order valence-corrected chi connectivity index (χ3v) is 5.38. The molecule has 0 radical (unpaired) electrons. The van der Waals surface area contributed by atoms with Crippen LogP contribution in [0.25, 0.3) is 0 Å². The van der Waals surface area contributed by atoms with Crippen molar-refractivity contribution < 1.29 is 17.9 Å². The number of nitrogen functional groups attached to an aromatic ring is 1. The molecule has 0 aromatic heterocycles. The largest absolute Gasteiger partial charge is 0.494 e. The lowest BCUT2D eigenvalue weighted by Crippen LogP contribution is -2.35. The molecule has 118 valence electrons. The molecule has 1 atom stereocenters. The summed E-state index contributed by atoms with van der Waals surface area (Å²) in [5, 5.41) is 1.45. The van der Waals surface area contributed by atoms with Crippen LogP contribution in [-0.2, 0) is 14.6 Å². The normalized spacial score (nSPS) is 13.0. The van der Waals surface area contributed by atoms with Crippen LogP contribution in [0.15, 0.2) is 18.2 Å². The fourth-order valence-corrected chi connectivity index (χ4v) is 3.42. The molecule has 1 aromatic rings. The summed E-state index contributed by atoms with van der Waals surface area (Å²) in [4.78, 5) is 12.1. The Morgan fingerprint density at radius 3 is 2.48 bits per heavy atom. The van der Waals surface area contributed by atoms with E-state index >= 15 is 0 Å². The van der Waals surface area contributed by atoms with Gasteiger partial charge in [0.1, 0.15) is 11.0 Å². The van der Waals surface area contributed by atoms with E-state index in [2.05, 4.69) is 5.32 Å². The lowest BCUT2D eigenvalue weighted by Gasteiger charge is -2.16. The Morgan fingerprint density at radius 1 is 1.33 bits per heavy atom. The molecule has 0 aliphatic rings. The molecular formula is C14H22N2O4S. The highest BCUT2D eigenvalue weighted by atomic mass is 32.2. The summed E-state index contributed by atoms with van der Waals surface area (Å²) in [6, 6.07) is 4.74. The molecule has 1 rings (SSSR count). The highest BCUT2D eigenvalue weighted by molar-refractivity contribution is 7.92. The van der Waals surface area contributed by atoms with Crippen molar-refractivity contribution in [3.8, 4) is 5.75 Å². The van der Waals surface area contributed by atoms with Gasteiger partial charge < -0.3 is 15.8 Å². The quantitative estimate of drug-likeness (QED) is 0.778. The number of hydrogen-bond donors (Lipinski definition) is 2. The van der Waals surface area contributed by atoms with Gasteiger partial charge in [0.2, 0.25) is 5.91 Å². The second-order valence-electron chi connectivity index (χ2n) is 5.31. The number of hydrogen-bond acceptors (Lipinski definition) is 5. The molecule has 21 heavy (non-hydrogen) atoms. The third-order valence-electron chi connectivity index (χ3n) is 2.96. The van der Waals surface area contributed by atoms with Crippen molar-refractivity contribution in [2.75, 3.05) is 23.9 Å². The molecule has 0 fully saturated rings. The summed E-state index contributed by atoms with van der Waals surface area (Å²) in [6.45, 7) is 4.98. The first-order chi connectivity index (χ1) is 9.67. The Labute approximate surface area is 125 Å². The molecule has 0 heterocycles. The number of nitrogens with one attached hydrogen (secondary N) is 1. The number of anilines is 2. The Morgan fingerprint density at radius 2 is 1.95 bits per heavy atom. The summed E-state index contributed by atoms with van der Waals surface area (Å²) in [6.07, 6.45) is 0. The van der Waals surface area contributed by atoms with E-state index in [1.807, 2.05) is 0 Å². The maximum Gasteiger partial charge on any atom is 0.242 e. The predicted molar refractivity (Wildman–Crippen MR) is 84.1 cm³/mol. The Hall–Kier alpha value is -1.76. The van der Waals surface area contributed by atoms with Gasteiger partial charge in [0.15, 0.2) is 9.84 Å². The third kappa shape index (κ3) is 4.63. The number of amides is 1. The van der Waals surface area contributed by atoms with Crippen molar-refractivity contribution in [2.45, 2.75) is 26.0 Å². The topological polar surface area (TPSA) is 98.5 Å². The molecule has 1 aromatic carbocycles. The van der Waals surface area contributed by atoms with Crippen molar-refractivity contribution in [2.24, 2.45) is 5.92 Å². The highest BCUT2D eigenvalue weighted by Gasteiger charge is 2.29. The zero-order chi connectivity index (χ0) is 16.2. The summed E-state index contributed by atoms with van der Waals surface area (Å²) in [5.41, 5.74) is 6.51. The van der Waals surface area contributed by atoms with E-state index in [0.29, 0.717) is 17.1 Å². The molecule has 6 nitrogen and oxygen atoms in total. The van der Waals surface area contributed by atoms with Gasteiger partial charge in [-0.1, -0.05) is 13.8 Å². The molecule has 7 heteroatoms. The maximum atomic E-state index is 12.1. The van der Waals surface area contributed by atoms with Gasteiger partial charge in [-0.25, -0.2) is 8.42 Å². The first-order valence-electron chi connectivity index (χ1n) is 6.63. The number of ether oxygens (including phenoxy) is 1. The number of carbonyl (C=O) groups excluding carboxylic acids is 1. The zero-order valence-electron chi connectivity index (χ0n) is 12.7. The van der Waals surface area contributed by atoms with Crippen LogP contribution in [0.3, 0.4) is 0 Å². The van der Waals surface area contributed by atoms with Crippen molar-refractivity contribution in [1.29, 1.82) is 0 Å². The minimum atomic E-state index is -3.48. The van der Waals surface area contributed by atoms with Gasteiger partial charge in [0.25, 0.3) is 0 Å². The van der Waals surface area contributed by atoms with E-state index in [9.17, 15) is 13.2 Å². The van der Waals surface area contributed by atoms with Gasteiger partial charge in [-0.2, -0.15) is 0 Å².